The zero-order valence-corrected chi connectivity index (χ0v) is 13.2. The molecule has 116 valence electrons. The number of carbonyl (C=O) groups is 1. The van der Waals surface area contributed by atoms with Crippen LogP contribution in [0.5, 0.6) is 11.5 Å². The molecule has 0 unspecified atom stereocenters. The first-order valence-corrected chi connectivity index (χ1v) is 7.78. The molecule has 23 heavy (non-hydrogen) atoms. The molecule has 3 rings (SSSR count). The van der Waals surface area contributed by atoms with Crippen molar-refractivity contribution in [1.29, 1.82) is 0 Å². The van der Waals surface area contributed by atoms with E-state index >= 15 is 0 Å². The lowest BCUT2D eigenvalue weighted by atomic mass is 10.2. The number of aliphatic imine (C=N–C) groups is 1. The van der Waals surface area contributed by atoms with Crippen molar-refractivity contribution in [2.75, 3.05) is 0 Å². The molecule has 2 aromatic carbocycles. The molecule has 1 fully saturated rings. The first kappa shape index (κ1) is 15.5. The molecule has 0 saturated carbocycles. The van der Waals surface area contributed by atoms with E-state index in [9.17, 15) is 15.0 Å². The van der Waals surface area contributed by atoms with Gasteiger partial charge in [-0.3, -0.25) is 4.79 Å². The molecule has 0 aliphatic carbocycles. The smallest absolute Gasteiger partial charge is 0.264 e. The van der Waals surface area contributed by atoms with Gasteiger partial charge in [0.25, 0.3) is 5.91 Å². The molecular formula is C16H11ClN2O3S. The van der Waals surface area contributed by atoms with Crippen molar-refractivity contribution in [3.63, 3.8) is 0 Å². The third kappa shape index (κ3) is 3.49. The Balaban J connectivity index is 1.88. The molecule has 7 heteroatoms. The van der Waals surface area contributed by atoms with Crippen LogP contribution in [0.3, 0.4) is 0 Å². The van der Waals surface area contributed by atoms with E-state index in [-0.39, 0.29) is 17.4 Å². The monoisotopic (exact) mass is 346 g/mol. The number of amides is 1. The highest BCUT2D eigenvalue weighted by atomic mass is 35.5. The molecule has 1 amide bonds. The van der Waals surface area contributed by atoms with Crippen molar-refractivity contribution in [3.05, 3.63) is 58.0 Å². The Morgan fingerprint density at radius 2 is 1.96 bits per heavy atom. The van der Waals surface area contributed by atoms with Crippen molar-refractivity contribution in [3.8, 4) is 11.5 Å². The standard InChI is InChI=1S/C16H11ClN2O3S/c17-11-3-1-2-4-12(11)18-16-19-15(22)14(23-16)7-9-5-6-10(20)8-13(9)21/h1-8,20-21H,(H,18,19,22)/b14-7+. The van der Waals surface area contributed by atoms with E-state index in [1.165, 1.54) is 24.3 Å². The Morgan fingerprint density at radius 1 is 1.17 bits per heavy atom. The largest absolute Gasteiger partial charge is 0.508 e. The summed E-state index contributed by atoms with van der Waals surface area (Å²) in [6.07, 6.45) is 1.53. The molecular weight excluding hydrogens is 336 g/mol. The van der Waals surface area contributed by atoms with Gasteiger partial charge in [0.15, 0.2) is 5.17 Å². The highest BCUT2D eigenvalue weighted by Gasteiger charge is 2.24. The number of amidine groups is 1. The van der Waals surface area contributed by atoms with Gasteiger partial charge < -0.3 is 15.5 Å². The molecule has 5 nitrogen and oxygen atoms in total. The van der Waals surface area contributed by atoms with Gasteiger partial charge in [0, 0.05) is 11.6 Å². The van der Waals surface area contributed by atoms with Crippen molar-refractivity contribution in [2.24, 2.45) is 4.99 Å². The number of rotatable bonds is 2. The Morgan fingerprint density at radius 3 is 2.70 bits per heavy atom. The predicted octanol–water partition coefficient (Wildman–Crippen LogP) is 3.64. The van der Waals surface area contributed by atoms with Crippen LogP contribution < -0.4 is 5.32 Å². The average molecular weight is 347 g/mol. The number of para-hydroxylation sites is 1. The van der Waals surface area contributed by atoms with Crippen molar-refractivity contribution >= 4 is 46.2 Å². The van der Waals surface area contributed by atoms with E-state index in [0.717, 1.165) is 11.8 Å². The summed E-state index contributed by atoms with van der Waals surface area (Å²) >= 11 is 7.19. The summed E-state index contributed by atoms with van der Waals surface area (Å²) in [6.45, 7) is 0. The summed E-state index contributed by atoms with van der Waals surface area (Å²) in [5.41, 5.74) is 0.991. The second-order valence-electron chi connectivity index (χ2n) is 4.68. The number of phenolic OH excluding ortho intramolecular Hbond substituents is 2. The van der Waals surface area contributed by atoms with Crippen molar-refractivity contribution < 1.29 is 15.0 Å². The van der Waals surface area contributed by atoms with Crippen molar-refractivity contribution in [1.82, 2.24) is 5.32 Å². The Hall–Kier alpha value is -2.44. The molecule has 0 radical (unpaired) electrons. The summed E-state index contributed by atoms with van der Waals surface area (Å²) in [6, 6.07) is 11.2. The minimum Gasteiger partial charge on any atom is -0.508 e. The number of phenols is 2. The topological polar surface area (TPSA) is 81.9 Å². The summed E-state index contributed by atoms with van der Waals surface area (Å²) in [5.74, 6) is -0.468. The molecule has 3 N–H and O–H groups in total. The van der Waals surface area contributed by atoms with Crippen molar-refractivity contribution in [2.45, 2.75) is 0 Å². The SMILES string of the molecule is O=C1NC(=Nc2ccccc2Cl)S/C1=C/c1ccc(O)cc1O. The fourth-order valence-electron chi connectivity index (χ4n) is 1.93. The van der Waals surface area contributed by atoms with Gasteiger partial charge >= 0.3 is 0 Å². The molecule has 0 aromatic heterocycles. The second kappa shape index (κ2) is 6.36. The zero-order chi connectivity index (χ0) is 16.4. The van der Waals surface area contributed by atoms with Gasteiger partial charge in [-0.2, -0.15) is 0 Å². The van der Waals surface area contributed by atoms with E-state index in [1.807, 2.05) is 0 Å². The Bertz CT molecular complexity index is 849. The van der Waals surface area contributed by atoms with E-state index in [4.69, 9.17) is 11.6 Å². The van der Waals surface area contributed by atoms with Gasteiger partial charge in [0.2, 0.25) is 0 Å². The molecule has 2 aromatic rings. The van der Waals surface area contributed by atoms with E-state index < -0.39 is 0 Å². The lowest BCUT2D eigenvalue weighted by molar-refractivity contribution is -0.115. The number of carbonyl (C=O) groups excluding carboxylic acids is 1. The minimum atomic E-state index is -0.312. The Labute approximate surface area is 141 Å². The molecule has 0 atom stereocenters. The van der Waals surface area contributed by atoms with Gasteiger partial charge in [0.05, 0.1) is 15.6 Å². The maximum atomic E-state index is 12.0. The van der Waals surface area contributed by atoms with Crippen LogP contribution in [0.25, 0.3) is 6.08 Å². The number of hydrogen-bond donors (Lipinski definition) is 3. The third-order valence-corrected chi connectivity index (χ3v) is 4.26. The summed E-state index contributed by atoms with van der Waals surface area (Å²) in [4.78, 5) is 16.7. The third-order valence-electron chi connectivity index (χ3n) is 3.03. The van der Waals surface area contributed by atoms with Crippen LogP contribution in [-0.2, 0) is 4.79 Å². The normalized spacial score (nSPS) is 17.7. The van der Waals surface area contributed by atoms with Crippen LogP contribution in [0, 0.1) is 0 Å². The second-order valence-corrected chi connectivity index (χ2v) is 6.11. The number of hydrogen-bond acceptors (Lipinski definition) is 5. The van der Waals surface area contributed by atoms with Gasteiger partial charge in [-0.15, -0.1) is 0 Å². The zero-order valence-electron chi connectivity index (χ0n) is 11.7. The fraction of sp³-hybridized carbons (Fsp3) is 0. The molecule has 1 aliphatic rings. The molecule has 1 saturated heterocycles. The Kier molecular flexibility index (Phi) is 4.27. The summed E-state index contributed by atoms with van der Waals surface area (Å²) in [5, 5.41) is 22.6. The van der Waals surface area contributed by atoms with E-state index in [1.54, 1.807) is 24.3 Å². The van der Waals surface area contributed by atoms with Crippen LogP contribution >= 0.6 is 23.4 Å². The number of nitrogens with zero attached hydrogens (tertiary/aromatic N) is 1. The molecule has 1 aliphatic heterocycles. The van der Waals surface area contributed by atoms with Crippen LogP contribution in [0.4, 0.5) is 5.69 Å². The van der Waals surface area contributed by atoms with Gasteiger partial charge in [0.1, 0.15) is 11.5 Å². The number of halogens is 1. The van der Waals surface area contributed by atoms with Gasteiger partial charge in [-0.25, -0.2) is 4.99 Å². The van der Waals surface area contributed by atoms with Gasteiger partial charge in [-0.1, -0.05) is 23.7 Å². The predicted molar refractivity (Wildman–Crippen MR) is 92.0 cm³/mol. The highest BCUT2D eigenvalue weighted by Crippen LogP contribution is 2.32. The minimum absolute atomic E-state index is 0.0471. The number of benzene rings is 2. The highest BCUT2D eigenvalue weighted by molar-refractivity contribution is 8.18. The van der Waals surface area contributed by atoms with E-state index in [2.05, 4.69) is 10.3 Å². The van der Waals surface area contributed by atoms with E-state index in [0.29, 0.717) is 26.3 Å². The quantitative estimate of drug-likeness (QED) is 0.725. The lowest BCUT2D eigenvalue weighted by Crippen LogP contribution is -2.19. The summed E-state index contributed by atoms with van der Waals surface area (Å²) < 4.78 is 0. The molecule has 0 spiro atoms. The maximum Gasteiger partial charge on any atom is 0.264 e. The van der Waals surface area contributed by atoms with Crippen LogP contribution in [0.2, 0.25) is 5.02 Å². The maximum absolute atomic E-state index is 12.0. The number of nitrogens with one attached hydrogen (secondary N) is 1. The first-order valence-electron chi connectivity index (χ1n) is 6.59. The van der Waals surface area contributed by atoms with Gasteiger partial charge in [-0.05, 0) is 42.1 Å². The van der Waals surface area contributed by atoms with Crippen LogP contribution in [0.15, 0.2) is 52.4 Å². The summed E-state index contributed by atoms with van der Waals surface area (Å²) in [7, 11) is 0. The average Bonchev–Trinajstić information content (AvgIpc) is 2.84. The first-order chi connectivity index (χ1) is 11.0. The fourth-order valence-corrected chi connectivity index (χ4v) is 2.93. The lowest BCUT2D eigenvalue weighted by Gasteiger charge is -2.00. The molecule has 1 heterocycles. The van der Waals surface area contributed by atoms with Crippen LogP contribution in [-0.4, -0.2) is 21.3 Å². The molecule has 0 bridgehead atoms. The number of thioether (sulfide) groups is 1. The number of aromatic hydroxyl groups is 2. The van der Waals surface area contributed by atoms with Crippen LogP contribution in [0.1, 0.15) is 5.56 Å².